The average molecular weight is 377 g/mol. The minimum atomic E-state index is -4.27. The molecule has 27 heavy (non-hydrogen) atoms. The number of alkyl halides is 3. The van der Waals surface area contributed by atoms with Gasteiger partial charge in [-0.3, -0.25) is 4.79 Å². The summed E-state index contributed by atoms with van der Waals surface area (Å²) < 4.78 is 44.5. The van der Waals surface area contributed by atoms with Crippen LogP contribution >= 0.6 is 0 Å². The van der Waals surface area contributed by atoms with Crippen LogP contribution in [0.15, 0.2) is 54.6 Å². The van der Waals surface area contributed by atoms with E-state index < -0.39 is 24.1 Å². The monoisotopic (exact) mass is 377 g/mol. The summed E-state index contributed by atoms with van der Waals surface area (Å²) >= 11 is 0. The van der Waals surface area contributed by atoms with Crippen LogP contribution in [0.2, 0.25) is 0 Å². The van der Waals surface area contributed by atoms with Gasteiger partial charge in [-0.15, -0.1) is 0 Å². The first kappa shape index (κ1) is 19.3. The van der Waals surface area contributed by atoms with E-state index in [-0.39, 0.29) is 13.0 Å². The zero-order valence-corrected chi connectivity index (χ0v) is 15.1. The van der Waals surface area contributed by atoms with Crippen LogP contribution in [0, 0.1) is 5.92 Å². The molecule has 1 heterocycles. The van der Waals surface area contributed by atoms with Gasteiger partial charge in [-0.05, 0) is 43.0 Å². The third-order valence-electron chi connectivity index (χ3n) is 4.82. The van der Waals surface area contributed by atoms with Crippen molar-refractivity contribution in [3.63, 3.8) is 0 Å². The van der Waals surface area contributed by atoms with E-state index in [1.807, 2.05) is 42.5 Å². The van der Waals surface area contributed by atoms with Gasteiger partial charge < -0.3 is 9.64 Å². The molecule has 0 aromatic heterocycles. The summed E-state index contributed by atoms with van der Waals surface area (Å²) in [5, 5.41) is 0. The molecule has 0 unspecified atom stereocenters. The molecule has 0 bridgehead atoms. The summed E-state index contributed by atoms with van der Waals surface area (Å²) in [5.41, 5.74) is 2.09. The molecular weight excluding hydrogens is 355 g/mol. The number of piperidine rings is 1. The average Bonchev–Trinajstić information content (AvgIpc) is 2.68. The Morgan fingerprint density at radius 2 is 1.70 bits per heavy atom. The first-order valence-electron chi connectivity index (χ1n) is 9.02. The van der Waals surface area contributed by atoms with E-state index in [0.29, 0.717) is 18.7 Å². The fourth-order valence-corrected chi connectivity index (χ4v) is 3.31. The van der Waals surface area contributed by atoms with E-state index in [9.17, 15) is 18.0 Å². The number of halogens is 3. The highest BCUT2D eigenvalue weighted by atomic mass is 19.4. The van der Waals surface area contributed by atoms with Crippen molar-refractivity contribution in [2.45, 2.75) is 32.0 Å². The highest BCUT2D eigenvalue weighted by molar-refractivity contribution is 5.81. The van der Waals surface area contributed by atoms with Crippen LogP contribution in [0.4, 0.5) is 13.2 Å². The van der Waals surface area contributed by atoms with Gasteiger partial charge in [0.25, 0.3) is 5.91 Å². The molecule has 0 saturated carbocycles. The zero-order valence-electron chi connectivity index (χ0n) is 15.1. The van der Waals surface area contributed by atoms with E-state index in [1.165, 1.54) is 4.90 Å². The van der Waals surface area contributed by atoms with Gasteiger partial charge in [0, 0.05) is 13.1 Å². The number of ether oxygens (including phenoxy) is 1. The van der Waals surface area contributed by atoms with Crippen LogP contribution in [0.1, 0.15) is 19.8 Å². The Hall–Kier alpha value is -2.50. The Bertz CT molecular complexity index is 759. The third kappa shape index (κ3) is 4.81. The van der Waals surface area contributed by atoms with Gasteiger partial charge in [0.15, 0.2) is 6.10 Å². The summed E-state index contributed by atoms with van der Waals surface area (Å²) in [7, 11) is 0. The molecule has 0 spiro atoms. The fraction of sp³-hybridized carbons (Fsp3) is 0.381. The van der Waals surface area contributed by atoms with Crippen molar-refractivity contribution < 1.29 is 22.7 Å². The van der Waals surface area contributed by atoms with Crippen molar-refractivity contribution >= 4 is 5.91 Å². The maximum absolute atomic E-state index is 12.9. The lowest BCUT2D eigenvalue weighted by molar-refractivity contribution is -0.189. The summed E-state index contributed by atoms with van der Waals surface area (Å²) in [5.74, 6) is -1.34. The molecule has 2 aromatic carbocycles. The normalized spacial score (nSPS) is 18.8. The molecule has 0 radical (unpaired) electrons. The van der Waals surface area contributed by atoms with Crippen molar-refractivity contribution in [1.82, 2.24) is 4.90 Å². The summed E-state index contributed by atoms with van der Waals surface area (Å²) in [6.07, 6.45) is -4.67. The lowest BCUT2D eigenvalue weighted by atomic mass is 9.97. The Morgan fingerprint density at radius 3 is 2.33 bits per heavy atom. The minimum Gasteiger partial charge on any atom is -0.481 e. The zero-order chi connectivity index (χ0) is 19.4. The standard InChI is InChI=1S/C21H22F3NO2/c1-15(20(26)25-13-5-8-18(14-25)21(22,23)24)27-19-11-9-17(10-12-19)16-6-3-2-4-7-16/h2-4,6-7,9-12,15,18H,5,8,13-14H2,1H3/t15-,18+/m1/s1. The fourth-order valence-electron chi connectivity index (χ4n) is 3.31. The molecule has 3 nitrogen and oxygen atoms in total. The lowest BCUT2D eigenvalue weighted by Gasteiger charge is -2.35. The van der Waals surface area contributed by atoms with E-state index in [1.54, 1.807) is 19.1 Å². The smallest absolute Gasteiger partial charge is 0.393 e. The summed E-state index contributed by atoms with van der Waals surface area (Å²) in [4.78, 5) is 13.8. The van der Waals surface area contributed by atoms with Gasteiger partial charge in [0.1, 0.15) is 5.75 Å². The predicted octanol–water partition coefficient (Wildman–Crippen LogP) is 4.92. The van der Waals surface area contributed by atoms with Crippen LogP contribution in [0.25, 0.3) is 11.1 Å². The molecule has 2 atom stereocenters. The van der Waals surface area contributed by atoms with Gasteiger partial charge in [-0.1, -0.05) is 42.5 Å². The first-order valence-corrected chi connectivity index (χ1v) is 9.02. The number of hydrogen-bond acceptors (Lipinski definition) is 2. The van der Waals surface area contributed by atoms with E-state index in [4.69, 9.17) is 4.74 Å². The largest absolute Gasteiger partial charge is 0.481 e. The molecule has 144 valence electrons. The molecule has 1 saturated heterocycles. The number of benzene rings is 2. The molecule has 2 aromatic rings. The summed E-state index contributed by atoms with van der Waals surface area (Å²) in [6.45, 7) is 1.62. The highest BCUT2D eigenvalue weighted by Crippen LogP contribution is 2.33. The number of hydrogen-bond donors (Lipinski definition) is 0. The van der Waals surface area contributed by atoms with Crippen molar-refractivity contribution in [2.75, 3.05) is 13.1 Å². The number of rotatable bonds is 4. The molecule has 3 rings (SSSR count). The highest BCUT2D eigenvalue weighted by Gasteiger charge is 2.43. The van der Waals surface area contributed by atoms with Gasteiger partial charge in [0.2, 0.25) is 0 Å². The molecule has 6 heteroatoms. The molecule has 0 aliphatic carbocycles. The van der Waals surface area contributed by atoms with Crippen LogP contribution in [0.5, 0.6) is 5.75 Å². The predicted molar refractivity (Wildman–Crippen MR) is 97.3 cm³/mol. The van der Waals surface area contributed by atoms with Crippen molar-refractivity contribution in [3.05, 3.63) is 54.6 Å². The maximum atomic E-state index is 12.9. The number of carbonyl (C=O) groups excluding carboxylic acids is 1. The topological polar surface area (TPSA) is 29.5 Å². The van der Waals surface area contributed by atoms with Crippen LogP contribution in [0.3, 0.4) is 0 Å². The van der Waals surface area contributed by atoms with Crippen LogP contribution in [-0.4, -0.2) is 36.2 Å². The van der Waals surface area contributed by atoms with E-state index >= 15 is 0 Å². The second-order valence-corrected chi connectivity index (χ2v) is 6.82. The second-order valence-electron chi connectivity index (χ2n) is 6.82. The molecule has 1 aliphatic heterocycles. The number of nitrogens with zero attached hydrogens (tertiary/aromatic N) is 1. The van der Waals surface area contributed by atoms with Crippen LogP contribution in [-0.2, 0) is 4.79 Å². The molecular formula is C21H22F3NO2. The SMILES string of the molecule is C[C@@H](Oc1ccc(-c2ccccc2)cc1)C(=O)N1CCC[C@H](C(F)(F)F)C1. The molecule has 1 fully saturated rings. The van der Waals surface area contributed by atoms with Crippen molar-refractivity contribution in [2.24, 2.45) is 5.92 Å². The molecule has 1 amide bonds. The summed E-state index contributed by atoms with van der Waals surface area (Å²) in [6, 6.07) is 17.1. The third-order valence-corrected chi connectivity index (χ3v) is 4.82. The molecule has 0 N–H and O–H groups in total. The maximum Gasteiger partial charge on any atom is 0.393 e. The second kappa shape index (κ2) is 8.03. The van der Waals surface area contributed by atoms with Crippen LogP contribution < -0.4 is 4.74 Å². The Morgan fingerprint density at radius 1 is 1.07 bits per heavy atom. The Balaban J connectivity index is 1.61. The Labute approximate surface area is 156 Å². The number of carbonyl (C=O) groups is 1. The Kier molecular flexibility index (Phi) is 5.73. The van der Waals surface area contributed by atoms with Crippen molar-refractivity contribution in [1.29, 1.82) is 0 Å². The van der Waals surface area contributed by atoms with Gasteiger partial charge in [0.05, 0.1) is 5.92 Å². The number of likely N-dealkylation sites (tertiary alicyclic amines) is 1. The van der Waals surface area contributed by atoms with Gasteiger partial charge in [-0.2, -0.15) is 13.2 Å². The van der Waals surface area contributed by atoms with E-state index in [0.717, 1.165) is 11.1 Å². The number of amides is 1. The quantitative estimate of drug-likeness (QED) is 0.757. The van der Waals surface area contributed by atoms with Crippen molar-refractivity contribution in [3.8, 4) is 16.9 Å². The first-order chi connectivity index (χ1) is 12.8. The van der Waals surface area contributed by atoms with E-state index in [2.05, 4.69) is 0 Å². The lowest BCUT2D eigenvalue weighted by Crippen LogP contribution is -2.48. The minimum absolute atomic E-state index is 0.0729. The van der Waals surface area contributed by atoms with Gasteiger partial charge >= 0.3 is 6.18 Å². The van der Waals surface area contributed by atoms with Gasteiger partial charge in [-0.25, -0.2) is 0 Å². The molecule has 1 aliphatic rings.